The van der Waals surface area contributed by atoms with E-state index in [4.69, 9.17) is 9.31 Å². The van der Waals surface area contributed by atoms with Crippen LogP contribution in [0.25, 0.3) is 0 Å². The summed E-state index contributed by atoms with van der Waals surface area (Å²) in [5, 5.41) is 4.51. The highest BCUT2D eigenvalue weighted by molar-refractivity contribution is 14.2. The van der Waals surface area contributed by atoms with Crippen molar-refractivity contribution >= 4 is 41.1 Å². The summed E-state index contributed by atoms with van der Waals surface area (Å²) < 4.78 is 13.9. The van der Waals surface area contributed by atoms with Crippen molar-refractivity contribution in [1.82, 2.24) is 9.55 Å². The van der Waals surface area contributed by atoms with Crippen molar-refractivity contribution in [3.63, 3.8) is 0 Å². The van der Waals surface area contributed by atoms with Gasteiger partial charge in [0.1, 0.15) is 0 Å². The highest BCUT2D eigenvalue weighted by Gasteiger charge is 2.52. The Morgan fingerprint density at radius 3 is 2.24 bits per heavy atom. The number of aryl methyl sites for hydroxylation is 1. The number of hydrogen-bond donors (Lipinski definition) is 0. The van der Waals surface area contributed by atoms with Gasteiger partial charge in [0, 0.05) is 5.69 Å². The smallest absolute Gasteiger partial charge is 0.398 e. The Hall–Kier alpha value is 0.355. The standard InChI is InChI=1S/C10H17BIN2O2P/c1-7-6-8(13-14(7)17-12)11-15-9(2,3)10(4,5)16-11/h6,17H,1-5H3. The predicted octanol–water partition coefficient (Wildman–Crippen LogP) is 2.28. The third-order valence-corrected chi connectivity index (χ3v) is 5.46. The molecule has 1 aliphatic rings. The first-order chi connectivity index (χ1) is 7.77. The Morgan fingerprint density at radius 2 is 1.82 bits per heavy atom. The maximum Gasteiger partial charge on any atom is 0.516 e. The van der Waals surface area contributed by atoms with Crippen LogP contribution in [-0.2, 0) is 9.31 Å². The maximum atomic E-state index is 5.97. The van der Waals surface area contributed by atoms with Gasteiger partial charge in [0.25, 0.3) is 0 Å². The van der Waals surface area contributed by atoms with Gasteiger partial charge >= 0.3 is 7.12 Å². The molecule has 0 radical (unpaired) electrons. The SMILES string of the molecule is Cc1cc(B2OC(C)(C)C(C)(C)O2)nn1PI. The summed E-state index contributed by atoms with van der Waals surface area (Å²) in [6.45, 7) is 10.3. The first-order valence-electron chi connectivity index (χ1n) is 5.56. The molecule has 0 amide bonds. The molecule has 0 bridgehead atoms. The van der Waals surface area contributed by atoms with E-state index in [-0.39, 0.29) is 18.3 Å². The lowest BCUT2D eigenvalue weighted by molar-refractivity contribution is 0.00578. The van der Waals surface area contributed by atoms with E-state index in [9.17, 15) is 0 Å². The maximum absolute atomic E-state index is 5.97. The zero-order chi connectivity index (χ0) is 12.8. The van der Waals surface area contributed by atoms with Crippen LogP contribution < -0.4 is 5.59 Å². The summed E-state index contributed by atoms with van der Waals surface area (Å²) in [5.74, 6) is 0. The average molecular weight is 366 g/mol. The second-order valence-electron chi connectivity index (χ2n) is 5.30. The molecule has 0 aromatic carbocycles. The van der Waals surface area contributed by atoms with E-state index in [1.54, 1.807) is 0 Å². The molecule has 1 fully saturated rings. The van der Waals surface area contributed by atoms with Gasteiger partial charge < -0.3 is 9.31 Å². The number of hydrogen-bond acceptors (Lipinski definition) is 3. The zero-order valence-corrected chi connectivity index (χ0v) is 13.9. The van der Waals surface area contributed by atoms with E-state index in [1.807, 2.05) is 17.4 Å². The first-order valence-corrected chi connectivity index (χ1v) is 9.62. The van der Waals surface area contributed by atoms with Crippen LogP contribution in [-0.4, -0.2) is 27.9 Å². The number of rotatable bonds is 2. The summed E-state index contributed by atoms with van der Waals surface area (Å²) >= 11 is 2.32. The lowest BCUT2D eigenvalue weighted by Gasteiger charge is -2.32. The van der Waals surface area contributed by atoms with Gasteiger partial charge in [-0.15, -0.1) is 0 Å². The normalized spacial score (nSPS) is 22.8. The minimum atomic E-state index is -0.354. The number of halogens is 1. The molecule has 17 heavy (non-hydrogen) atoms. The van der Waals surface area contributed by atoms with E-state index >= 15 is 0 Å². The van der Waals surface area contributed by atoms with Crippen molar-refractivity contribution in [3.05, 3.63) is 11.8 Å². The molecule has 1 atom stereocenters. The molecule has 1 unspecified atom stereocenters. The Labute approximate surface area is 117 Å². The van der Waals surface area contributed by atoms with Crippen LogP contribution in [0.1, 0.15) is 33.4 Å². The fourth-order valence-corrected chi connectivity index (χ4v) is 3.48. The van der Waals surface area contributed by atoms with Crippen molar-refractivity contribution in [2.45, 2.75) is 45.8 Å². The lowest BCUT2D eigenvalue weighted by atomic mass is 9.85. The molecule has 0 saturated carbocycles. The molecule has 1 aromatic heterocycles. The fraction of sp³-hybridized carbons (Fsp3) is 0.700. The molecule has 1 aliphatic heterocycles. The van der Waals surface area contributed by atoms with Gasteiger partial charge in [-0.3, -0.25) is 0 Å². The molecule has 94 valence electrons. The Balaban J connectivity index is 2.26. The molecule has 1 saturated heterocycles. The molecule has 0 N–H and O–H groups in total. The van der Waals surface area contributed by atoms with Gasteiger partial charge in [-0.05, 0) is 62.7 Å². The summed E-state index contributed by atoms with van der Waals surface area (Å²) in [7, 11) is -0.354. The zero-order valence-electron chi connectivity index (χ0n) is 10.7. The second kappa shape index (κ2) is 4.47. The van der Waals surface area contributed by atoms with Crippen LogP contribution in [0.3, 0.4) is 0 Å². The largest absolute Gasteiger partial charge is 0.516 e. The van der Waals surface area contributed by atoms with Crippen molar-refractivity contribution in [1.29, 1.82) is 0 Å². The first kappa shape index (κ1) is 13.8. The Morgan fingerprint density at radius 1 is 1.29 bits per heavy atom. The number of aromatic nitrogens is 2. The molecule has 7 heteroatoms. The number of nitrogens with zero attached hydrogens (tertiary/aromatic N) is 2. The molecule has 0 spiro atoms. The van der Waals surface area contributed by atoms with E-state index in [2.05, 4.69) is 54.8 Å². The quantitative estimate of drug-likeness (QED) is 0.458. The van der Waals surface area contributed by atoms with E-state index < -0.39 is 0 Å². The molecule has 0 aliphatic carbocycles. The monoisotopic (exact) mass is 366 g/mol. The summed E-state index contributed by atoms with van der Waals surface area (Å²) in [6.07, 6.45) is 0.602. The Kier molecular flexibility index (Phi) is 3.63. The highest BCUT2D eigenvalue weighted by atomic mass is 127. The highest BCUT2D eigenvalue weighted by Crippen LogP contribution is 2.36. The minimum Gasteiger partial charge on any atom is -0.398 e. The van der Waals surface area contributed by atoms with E-state index in [0.29, 0.717) is 6.37 Å². The van der Waals surface area contributed by atoms with Crippen LogP contribution >= 0.6 is 28.4 Å². The topological polar surface area (TPSA) is 36.3 Å². The second-order valence-corrected chi connectivity index (χ2v) is 7.34. The van der Waals surface area contributed by atoms with Crippen LogP contribution in [0.5, 0.6) is 0 Å². The van der Waals surface area contributed by atoms with Crippen LogP contribution in [0, 0.1) is 6.92 Å². The predicted molar refractivity (Wildman–Crippen MR) is 80.4 cm³/mol. The van der Waals surface area contributed by atoms with Gasteiger partial charge in [0.05, 0.1) is 23.2 Å². The molecule has 1 aromatic rings. The van der Waals surface area contributed by atoms with Crippen molar-refractivity contribution in [3.8, 4) is 0 Å². The van der Waals surface area contributed by atoms with Gasteiger partial charge in [-0.1, -0.05) is 0 Å². The van der Waals surface area contributed by atoms with Crippen molar-refractivity contribution in [2.24, 2.45) is 0 Å². The van der Waals surface area contributed by atoms with Crippen LogP contribution in [0.15, 0.2) is 6.07 Å². The summed E-state index contributed by atoms with van der Waals surface area (Å²) in [5.41, 5.74) is 1.40. The van der Waals surface area contributed by atoms with Crippen molar-refractivity contribution < 1.29 is 9.31 Å². The van der Waals surface area contributed by atoms with Crippen LogP contribution in [0.2, 0.25) is 0 Å². The van der Waals surface area contributed by atoms with Gasteiger partial charge in [0.15, 0.2) is 0 Å². The van der Waals surface area contributed by atoms with E-state index in [1.165, 1.54) is 0 Å². The Bertz CT molecular complexity index is 420. The minimum absolute atomic E-state index is 0.304. The van der Waals surface area contributed by atoms with Gasteiger partial charge in [-0.2, -0.15) is 5.10 Å². The average Bonchev–Trinajstić information content (AvgIpc) is 2.66. The fourth-order valence-electron chi connectivity index (χ4n) is 1.66. The van der Waals surface area contributed by atoms with Gasteiger partial charge in [-0.25, -0.2) is 4.45 Å². The van der Waals surface area contributed by atoms with Gasteiger partial charge in [0.2, 0.25) is 0 Å². The molecular weight excluding hydrogens is 349 g/mol. The van der Waals surface area contributed by atoms with E-state index in [0.717, 1.165) is 11.3 Å². The molecule has 2 heterocycles. The summed E-state index contributed by atoms with van der Waals surface area (Å²) in [4.78, 5) is 0. The third-order valence-electron chi connectivity index (χ3n) is 3.48. The molecule has 4 nitrogen and oxygen atoms in total. The molecular formula is C10H17BIN2O2P. The molecule has 2 rings (SSSR count). The third kappa shape index (κ3) is 2.42. The summed E-state index contributed by atoms with van der Waals surface area (Å²) in [6, 6.07) is 2.04. The van der Waals surface area contributed by atoms with Crippen molar-refractivity contribution in [2.75, 3.05) is 0 Å². The lowest BCUT2D eigenvalue weighted by Crippen LogP contribution is -2.41. The van der Waals surface area contributed by atoms with Crippen LogP contribution in [0.4, 0.5) is 0 Å².